The summed E-state index contributed by atoms with van der Waals surface area (Å²) in [5.74, 6) is 0. The van der Waals surface area contributed by atoms with Gasteiger partial charge in [-0.2, -0.15) is 9.40 Å². The Labute approximate surface area is 121 Å². The summed E-state index contributed by atoms with van der Waals surface area (Å²) in [6.45, 7) is 7.25. The minimum absolute atomic E-state index is 0.229. The summed E-state index contributed by atoms with van der Waals surface area (Å²) in [7, 11) is -1.93. The molecule has 0 unspecified atom stereocenters. The van der Waals surface area contributed by atoms with E-state index in [0.29, 0.717) is 26.2 Å². The molecule has 0 aliphatic rings. The van der Waals surface area contributed by atoms with Crippen LogP contribution in [0.1, 0.15) is 13.8 Å². The third kappa shape index (κ3) is 4.55. The minimum Gasteiger partial charge on any atom is -0.383 e. The predicted octanol–water partition coefficient (Wildman–Crippen LogP) is 0.150. The maximum Gasteiger partial charge on any atom is 0.246 e. The quantitative estimate of drug-likeness (QED) is 0.623. The van der Waals surface area contributed by atoms with Gasteiger partial charge in [0.2, 0.25) is 10.0 Å². The number of rotatable bonds is 10. The fourth-order valence-electron chi connectivity index (χ4n) is 1.76. The highest BCUT2D eigenvalue weighted by Crippen LogP contribution is 2.14. The fraction of sp³-hybridized carbons (Fsp3) is 0.750. The van der Waals surface area contributed by atoms with Crippen molar-refractivity contribution in [3.8, 4) is 0 Å². The first-order valence-electron chi connectivity index (χ1n) is 6.78. The highest BCUT2D eigenvalue weighted by atomic mass is 32.2. The molecule has 1 heterocycles. The molecule has 0 amide bonds. The topological polar surface area (TPSA) is 76.5 Å². The van der Waals surface area contributed by atoms with Crippen LogP contribution in [0.5, 0.6) is 0 Å². The van der Waals surface area contributed by atoms with Crippen LogP contribution in [0.25, 0.3) is 0 Å². The maximum atomic E-state index is 12.4. The van der Waals surface area contributed by atoms with Gasteiger partial charge in [-0.1, -0.05) is 13.8 Å². The Morgan fingerprint density at radius 2 is 2.20 bits per heavy atom. The molecule has 7 nitrogen and oxygen atoms in total. The van der Waals surface area contributed by atoms with Gasteiger partial charge in [0.15, 0.2) is 0 Å². The maximum absolute atomic E-state index is 12.4. The van der Waals surface area contributed by atoms with Crippen LogP contribution in [-0.2, 0) is 21.3 Å². The Bertz CT molecular complexity index is 487. The standard InChI is InChI=1S/C12H24N4O3S/c1-4-13-6-7-15-11-12(10-14-15)20(17,18)16(5-2)8-9-19-3/h10-11,13H,4-9H2,1-3H3. The molecular weight excluding hydrogens is 280 g/mol. The van der Waals surface area contributed by atoms with Crippen molar-refractivity contribution in [1.82, 2.24) is 19.4 Å². The van der Waals surface area contributed by atoms with Crippen molar-refractivity contribution in [1.29, 1.82) is 0 Å². The van der Waals surface area contributed by atoms with E-state index in [0.717, 1.165) is 13.1 Å². The molecule has 1 rings (SSSR count). The lowest BCUT2D eigenvalue weighted by Crippen LogP contribution is -2.33. The van der Waals surface area contributed by atoms with Gasteiger partial charge in [0.25, 0.3) is 0 Å². The van der Waals surface area contributed by atoms with Gasteiger partial charge in [0.1, 0.15) is 4.90 Å². The number of hydrogen-bond acceptors (Lipinski definition) is 5. The number of nitrogens with one attached hydrogen (secondary N) is 1. The molecule has 0 spiro atoms. The van der Waals surface area contributed by atoms with Gasteiger partial charge in [0, 0.05) is 32.9 Å². The number of methoxy groups -OCH3 is 1. The van der Waals surface area contributed by atoms with Crippen LogP contribution in [0.2, 0.25) is 0 Å². The van der Waals surface area contributed by atoms with E-state index in [4.69, 9.17) is 4.74 Å². The fourth-order valence-corrected chi connectivity index (χ4v) is 3.15. The summed E-state index contributed by atoms with van der Waals surface area (Å²) < 4.78 is 32.8. The average Bonchev–Trinajstić information content (AvgIpc) is 2.89. The normalized spacial score (nSPS) is 12.2. The molecule has 0 aliphatic carbocycles. The number of aromatic nitrogens is 2. The molecule has 1 N–H and O–H groups in total. The lowest BCUT2D eigenvalue weighted by molar-refractivity contribution is 0.180. The molecule has 0 aromatic carbocycles. The largest absolute Gasteiger partial charge is 0.383 e. The number of nitrogens with zero attached hydrogens (tertiary/aromatic N) is 3. The number of likely N-dealkylation sites (N-methyl/N-ethyl adjacent to an activating group) is 2. The van der Waals surface area contributed by atoms with Crippen molar-refractivity contribution in [3.63, 3.8) is 0 Å². The molecule has 0 saturated heterocycles. The molecule has 116 valence electrons. The van der Waals surface area contributed by atoms with Crippen molar-refractivity contribution in [2.45, 2.75) is 25.3 Å². The lowest BCUT2D eigenvalue weighted by atomic mass is 10.6. The van der Waals surface area contributed by atoms with Gasteiger partial charge >= 0.3 is 0 Å². The van der Waals surface area contributed by atoms with E-state index in [2.05, 4.69) is 10.4 Å². The van der Waals surface area contributed by atoms with E-state index in [1.165, 1.54) is 10.5 Å². The lowest BCUT2D eigenvalue weighted by Gasteiger charge is -2.18. The Kier molecular flexibility index (Phi) is 7.14. The highest BCUT2D eigenvalue weighted by molar-refractivity contribution is 7.89. The molecule has 0 atom stereocenters. The smallest absolute Gasteiger partial charge is 0.246 e. The van der Waals surface area contributed by atoms with Crippen molar-refractivity contribution in [2.24, 2.45) is 0 Å². The van der Waals surface area contributed by atoms with E-state index in [1.54, 1.807) is 18.0 Å². The van der Waals surface area contributed by atoms with E-state index in [1.807, 2.05) is 13.8 Å². The van der Waals surface area contributed by atoms with Gasteiger partial charge in [-0.3, -0.25) is 4.68 Å². The van der Waals surface area contributed by atoms with Crippen LogP contribution >= 0.6 is 0 Å². The molecule has 1 aromatic heterocycles. The molecule has 8 heteroatoms. The Hall–Kier alpha value is -0.960. The predicted molar refractivity (Wildman–Crippen MR) is 77.1 cm³/mol. The van der Waals surface area contributed by atoms with Gasteiger partial charge in [-0.25, -0.2) is 8.42 Å². The Morgan fingerprint density at radius 1 is 1.45 bits per heavy atom. The molecule has 1 aromatic rings. The zero-order valence-corrected chi connectivity index (χ0v) is 13.2. The van der Waals surface area contributed by atoms with Crippen molar-refractivity contribution in [2.75, 3.05) is 39.9 Å². The third-order valence-corrected chi connectivity index (χ3v) is 4.84. The molecule has 0 saturated carbocycles. The van der Waals surface area contributed by atoms with Crippen molar-refractivity contribution in [3.05, 3.63) is 12.4 Å². The first kappa shape index (κ1) is 17.1. The number of sulfonamides is 1. The molecular formula is C12H24N4O3S. The van der Waals surface area contributed by atoms with E-state index in [-0.39, 0.29) is 4.90 Å². The Balaban J connectivity index is 2.75. The second-order valence-corrected chi connectivity index (χ2v) is 6.22. The van der Waals surface area contributed by atoms with Crippen LogP contribution in [0, 0.1) is 0 Å². The summed E-state index contributed by atoms with van der Waals surface area (Å²) in [6.07, 6.45) is 2.97. The Morgan fingerprint density at radius 3 is 2.80 bits per heavy atom. The summed E-state index contributed by atoms with van der Waals surface area (Å²) in [5, 5.41) is 7.26. The van der Waals surface area contributed by atoms with E-state index >= 15 is 0 Å². The van der Waals surface area contributed by atoms with Gasteiger partial charge in [-0.05, 0) is 6.54 Å². The van der Waals surface area contributed by atoms with Gasteiger partial charge < -0.3 is 10.1 Å². The van der Waals surface area contributed by atoms with Crippen LogP contribution in [0.3, 0.4) is 0 Å². The minimum atomic E-state index is -3.48. The van der Waals surface area contributed by atoms with Crippen LogP contribution in [0.15, 0.2) is 17.3 Å². The zero-order chi connectivity index (χ0) is 15.0. The highest BCUT2D eigenvalue weighted by Gasteiger charge is 2.24. The molecule has 0 radical (unpaired) electrons. The zero-order valence-electron chi connectivity index (χ0n) is 12.4. The number of ether oxygens (including phenoxy) is 1. The van der Waals surface area contributed by atoms with Crippen LogP contribution in [-0.4, -0.2) is 62.4 Å². The first-order chi connectivity index (χ1) is 9.56. The van der Waals surface area contributed by atoms with Crippen LogP contribution < -0.4 is 5.32 Å². The summed E-state index contributed by atoms with van der Waals surface area (Å²) in [5.41, 5.74) is 0. The molecule has 0 fully saturated rings. The summed E-state index contributed by atoms with van der Waals surface area (Å²) in [4.78, 5) is 0.229. The van der Waals surface area contributed by atoms with Crippen molar-refractivity contribution < 1.29 is 13.2 Å². The van der Waals surface area contributed by atoms with Crippen LogP contribution in [0.4, 0.5) is 0 Å². The van der Waals surface area contributed by atoms with Gasteiger partial charge in [-0.15, -0.1) is 0 Å². The summed E-state index contributed by atoms with van der Waals surface area (Å²) >= 11 is 0. The second kappa shape index (κ2) is 8.35. The molecule has 0 aliphatic heterocycles. The van der Waals surface area contributed by atoms with Crippen molar-refractivity contribution >= 4 is 10.0 Å². The van der Waals surface area contributed by atoms with E-state index in [9.17, 15) is 8.42 Å². The third-order valence-electron chi connectivity index (χ3n) is 2.91. The first-order valence-corrected chi connectivity index (χ1v) is 8.22. The van der Waals surface area contributed by atoms with Gasteiger partial charge in [0.05, 0.1) is 19.3 Å². The SMILES string of the molecule is CCNCCn1cc(S(=O)(=O)N(CC)CCOC)cn1. The second-order valence-electron chi connectivity index (χ2n) is 4.28. The number of hydrogen-bond donors (Lipinski definition) is 1. The molecule has 0 bridgehead atoms. The molecule has 20 heavy (non-hydrogen) atoms. The monoisotopic (exact) mass is 304 g/mol. The average molecular weight is 304 g/mol. The van der Waals surface area contributed by atoms with E-state index < -0.39 is 10.0 Å². The summed E-state index contributed by atoms with van der Waals surface area (Å²) in [6, 6.07) is 0.